The summed E-state index contributed by atoms with van der Waals surface area (Å²) in [6.07, 6.45) is 2.48. The quantitative estimate of drug-likeness (QED) is 0.768. The predicted molar refractivity (Wildman–Crippen MR) is 54.0 cm³/mol. The number of hydrogen-bond acceptors (Lipinski definition) is 4. The molecule has 1 fully saturated rings. The van der Waals surface area contributed by atoms with Crippen molar-refractivity contribution in [2.45, 2.75) is 19.9 Å². The molecular formula is C10H17N3O. The van der Waals surface area contributed by atoms with Crippen molar-refractivity contribution < 1.29 is 4.42 Å². The van der Waals surface area contributed by atoms with Gasteiger partial charge in [-0.3, -0.25) is 4.90 Å². The van der Waals surface area contributed by atoms with Gasteiger partial charge in [0.15, 0.2) is 6.39 Å². The van der Waals surface area contributed by atoms with Crippen molar-refractivity contribution in [3.8, 4) is 0 Å². The maximum atomic E-state index is 5.30. The molecule has 0 atom stereocenters. The van der Waals surface area contributed by atoms with Gasteiger partial charge in [0.25, 0.3) is 0 Å². The van der Waals surface area contributed by atoms with E-state index in [1.807, 2.05) is 0 Å². The highest BCUT2D eigenvalue weighted by molar-refractivity contribution is 5.06. The lowest BCUT2D eigenvalue weighted by Gasteiger charge is -2.26. The summed E-state index contributed by atoms with van der Waals surface area (Å²) in [6, 6.07) is 0. The molecule has 0 radical (unpaired) electrons. The summed E-state index contributed by atoms with van der Waals surface area (Å²) in [5.74, 6) is 1.03. The van der Waals surface area contributed by atoms with Crippen LogP contribution in [-0.2, 0) is 13.0 Å². The van der Waals surface area contributed by atoms with Crippen LogP contribution in [0.15, 0.2) is 10.8 Å². The standard InChI is InChI=1S/C10H17N3O/c1-2-10-9(12-8-14-10)7-13-5-3-11-4-6-13/h8,11H,2-7H2,1H3. The van der Waals surface area contributed by atoms with Gasteiger partial charge < -0.3 is 9.73 Å². The van der Waals surface area contributed by atoms with Gasteiger partial charge in [0, 0.05) is 39.1 Å². The molecule has 1 aromatic rings. The Labute approximate surface area is 84.3 Å². The molecular weight excluding hydrogens is 178 g/mol. The predicted octanol–water partition coefficient (Wildman–Crippen LogP) is 0.642. The number of aromatic nitrogens is 1. The molecule has 1 aliphatic heterocycles. The molecule has 0 saturated carbocycles. The lowest BCUT2D eigenvalue weighted by Crippen LogP contribution is -2.43. The van der Waals surface area contributed by atoms with Crippen LogP contribution < -0.4 is 5.32 Å². The van der Waals surface area contributed by atoms with Crippen LogP contribution in [0.5, 0.6) is 0 Å². The minimum absolute atomic E-state index is 0.932. The Kier molecular flexibility index (Phi) is 3.16. The lowest BCUT2D eigenvalue weighted by molar-refractivity contribution is 0.229. The topological polar surface area (TPSA) is 41.3 Å². The van der Waals surface area contributed by atoms with Crippen molar-refractivity contribution in [1.29, 1.82) is 0 Å². The van der Waals surface area contributed by atoms with Gasteiger partial charge in [-0.2, -0.15) is 0 Å². The minimum atomic E-state index is 0.932. The van der Waals surface area contributed by atoms with Crippen LogP contribution in [0.1, 0.15) is 18.4 Å². The average Bonchev–Trinajstić information content (AvgIpc) is 2.67. The van der Waals surface area contributed by atoms with Crippen LogP contribution in [0.4, 0.5) is 0 Å². The first-order valence-corrected chi connectivity index (χ1v) is 5.24. The third kappa shape index (κ3) is 2.13. The van der Waals surface area contributed by atoms with Crippen LogP contribution in [-0.4, -0.2) is 36.1 Å². The van der Waals surface area contributed by atoms with Crippen molar-refractivity contribution >= 4 is 0 Å². The molecule has 1 aliphatic rings. The fraction of sp³-hybridized carbons (Fsp3) is 0.700. The summed E-state index contributed by atoms with van der Waals surface area (Å²) in [4.78, 5) is 6.66. The molecule has 1 saturated heterocycles. The zero-order chi connectivity index (χ0) is 9.80. The van der Waals surface area contributed by atoms with Crippen molar-refractivity contribution in [3.63, 3.8) is 0 Å². The molecule has 78 valence electrons. The SMILES string of the molecule is CCc1ocnc1CN1CCNCC1. The van der Waals surface area contributed by atoms with Crippen molar-refractivity contribution in [3.05, 3.63) is 17.8 Å². The maximum Gasteiger partial charge on any atom is 0.181 e. The number of aryl methyl sites for hydroxylation is 1. The molecule has 2 heterocycles. The highest BCUT2D eigenvalue weighted by Crippen LogP contribution is 2.10. The van der Waals surface area contributed by atoms with Crippen molar-refractivity contribution in [1.82, 2.24) is 15.2 Å². The van der Waals surface area contributed by atoms with Gasteiger partial charge in [0.2, 0.25) is 0 Å². The first-order chi connectivity index (χ1) is 6.90. The summed E-state index contributed by atoms with van der Waals surface area (Å²) in [5, 5.41) is 3.34. The molecule has 0 aromatic carbocycles. The van der Waals surface area contributed by atoms with E-state index < -0.39 is 0 Å². The monoisotopic (exact) mass is 195 g/mol. The van der Waals surface area contributed by atoms with E-state index in [4.69, 9.17) is 4.42 Å². The van der Waals surface area contributed by atoms with Gasteiger partial charge in [-0.1, -0.05) is 6.92 Å². The zero-order valence-electron chi connectivity index (χ0n) is 8.62. The molecule has 1 aromatic heterocycles. The molecule has 14 heavy (non-hydrogen) atoms. The van der Waals surface area contributed by atoms with Crippen molar-refractivity contribution in [2.75, 3.05) is 26.2 Å². The molecule has 4 heteroatoms. The summed E-state index contributed by atoms with van der Waals surface area (Å²) in [5.41, 5.74) is 1.11. The molecule has 0 bridgehead atoms. The fourth-order valence-corrected chi connectivity index (χ4v) is 1.79. The molecule has 1 N–H and O–H groups in total. The Hall–Kier alpha value is -0.870. The van der Waals surface area contributed by atoms with Gasteiger partial charge in [-0.05, 0) is 0 Å². The first-order valence-electron chi connectivity index (χ1n) is 5.24. The van der Waals surface area contributed by atoms with E-state index in [1.54, 1.807) is 6.39 Å². The van der Waals surface area contributed by atoms with Crippen LogP contribution in [0.3, 0.4) is 0 Å². The Morgan fingerprint density at radius 3 is 3.00 bits per heavy atom. The fourth-order valence-electron chi connectivity index (χ4n) is 1.79. The number of piperazine rings is 1. The van der Waals surface area contributed by atoms with Gasteiger partial charge in [-0.25, -0.2) is 4.98 Å². The van der Waals surface area contributed by atoms with Gasteiger partial charge >= 0.3 is 0 Å². The van der Waals surface area contributed by atoms with Gasteiger partial charge in [0.1, 0.15) is 5.76 Å². The summed E-state index contributed by atoms with van der Waals surface area (Å²) in [6.45, 7) is 7.41. The van der Waals surface area contributed by atoms with Crippen LogP contribution in [0.25, 0.3) is 0 Å². The number of nitrogens with zero attached hydrogens (tertiary/aromatic N) is 2. The third-order valence-electron chi connectivity index (χ3n) is 2.63. The van der Waals surface area contributed by atoms with Crippen LogP contribution in [0.2, 0.25) is 0 Å². The van der Waals surface area contributed by atoms with Gasteiger partial charge in [-0.15, -0.1) is 0 Å². The third-order valence-corrected chi connectivity index (χ3v) is 2.63. The Morgan fingerprint density at radius 1 is 1.50 bits per heavy atom. The molecule has 0 amide bonds. The number of rotatable bonds is 3. The second kappa shape index (κ2) is 4.57. The highest BCUT2D eigenvalue weighted by Gasteiger charge is 2.13. The normalized spacial score (nSPS) is 18.6. The van der Waals surface area contributed by atoms with E-state index >= 15 is 0 Å². The van der Waals surface area contributed by atoms with Crippen LogP contribution >= 0.6 is 0 Å². The van der Waals surface area contributed by atoms with E-state index in [9.17, 15) is 0 Å². The van der Waals surface area contributed by atoms with E-state index in [1.165, 1.54) is 0 Å². The number of hydrogen-bond donors (Lipinski definition) is 1. The molecule has 0 spiro atoms. The number of oxazole rings is 1. The van der Waals surface area contributed by atoms with E-state index in [2.05, 4.69) is 22.1 Å². The van der Waals surface area contributed by atoms with Crippen molar-refractivity contribution in [2.24, 2.45) is 0 Å². The summed E-state index contributed by atoms with van der Waals surface area (Å²) in [7, 11) is 0. The lowest BCUT2D eigenvalue weighted by atomic mass is 10.2. The highest BCUT2D eigenvalue weighted by atomic mass is 16.3. The van der Waals surface area contributed by atoms with Crippen LogP contribution in [0, 0.1) is 0 Å². The summed E-state index contributed by atoms with van der Waals surface area (Å²) >= 11 is 0. The smallest absolute Gasteiger partial charge is 0.181 e. The largest absolute Gasteiger partial charge is 0.448 e. The summed E-state index contributed by atoms with van der Waals surface area (Å²) < 4.78 is 5.30. The molecule has 2 rings (SSSR count). The van der Waals surface area contributed by atoms with Gasteiger partial charge in [0.05, 0.1) is 5.69 Å². The van der Waals surface area contributed by atoms with E-state index in [0.717, 1.165) is 50.6 Å². The second-order valence-electron chi connectivity index (χ2n) is 3.60. The Bertz CT molecular complexity index is 279. The second-order valence-corrected chi connectivity index (χ2v) is 3.60. The molecule has 4 nitrogen and oxygen atoms in total. The van der Waals surface area contributed by atoms with E-state index in [-0.39, 0.29) is 0 Å². The molecule has 0 unspecified atom stereocenters. The Balaban J connectivity index is 1.95. The molecule has 0 aliphatic carbocycles. The maximum absolute atomic E-state index is 5.30. The zero-order valence-corrected chi connectivity index (χ0v) is 8.62. The van der Waals surface area contributed by atoms with E-state index in [0.29, 0.717) is 0 Å². The number of nitrogens with one attached hydrogen (secondary N) is 1. The first kappa shape index (κ1) is 9.68. The average molecular weight is 195 g/mol. The minimum Gasteiger partial charge on any atom is -0.448 e. The Morgan fingerprint density at radius 2 is 2.29 bits per heavy atom.